The highest BCUT2D eigenvalue weighted by atomic mass is 32.2. The molecule has 0 aromatic carbocycles. The Balaban J connectivity index is 1.84. The van der Waals surface area contributed by atoms with Gasteiger partial charge < -0.3 is 9.84 Å². The highest BCUT2D eigenvalue weighted by Crippen LogP contribution is 2.16. The summed E-state index contributed by atoms with van der Waals surface area (Å²) in [7, 11) is -3.04. The van der Waals surface area contributed by atoms with E-state index in [1.807, 2.05) is 13.8 Å². The summed E-state index contributed by atoms with van der Waals surface area (Å²) in [6.45, 7) is 7.48. The summed E-state index contributed by atoms with van der Waals surface area (Å²) in [5, 5.41) is 7.41. The lowest BCUT2D eigenvalue weighted by Crippen LogP contribution is -2.45. The first-order valence-corrected chi connectivity index (χ1v) is 8.68. The van der Waals surface area contributed by atoms with Gasteiger partial charge in [0.15, 0.2) is 0 Å². The average Bonchev–Trinajstić information content (AvgIpc) is 2.76. The van der Waals surface area contributed by atoms with Gasteiger partial charge in [-0.25, -0.2) is 12.7 Å². The molecule has 0 radical (unpaired) electrons. The summed E-state index contributed by atoms with van der Waals surface area (Å²) < 4.78 is 30.3. The normalized spacial score (nSPS) is 18.6. The number of nitrogens with one attached hydrogen (secondary N) is 1. The van der Waals surface area contributed by atoms with Crippen LogP contribution < -0.4 is 5.32 Å². The van der Waals surface area contributed by atoms with Gasteiger partial charge >= 0.3 is 0 Å². The minimum Gasteiger partial charge on any atom is -0.361 e. The lowest BCUT2D eigenvalue weighted by Gasteiger charge is -2.31. The topological polar surface area (TPSA) is 75.4 Å². The number of aromatic nitrogens is 1. The Labute approximate surface area is 120 Å². The molecule has 1 aliphatic rings. The van der Waals surface area contributed by atoms with Gasteiger partial charge in [-0.3, -0.25) is 0 Å². The van der Waals surface area contributed by atoms with E-state index in [0.29, 0.717) is 19.1 Å². The molecule has 0 amide bonds. The van der Waals surface area contributed by atoms with E-state index in [-0.39, 0.29) is 5.75 Å². The number of sulfonamides is 1. The van der Waals surface area contributed by atoms with Crippen molar-refractivity contribution in [3.8, 4) is 0 Å². The lowest BCUT2D eigenvalue weighted by molar-refractivity contribution is 0.288. The van der Waals surface area contributed by atoms with Crippen LogP contribution in [0.25, 0.3) is 0 Å². The van der Waals surface area contributed by atoms with Gasteiger partial charge in [0.2, 0.25) is 10.0 Å². The SMILES string of the molecule is CCS(=O)(=O)N1CCC(NCc2c(C)noc2C)CC1. The molecule has 0 bridgehead atoms. The lowest BCUT2D eigenvalue weighted by atomic mass is 10.1. The van der Waals surface area contributed by atoms with Crippen molar-refractivity contribution in [1.29, 1.82) is 0 Å². The van der Waals surface area contributed by atoms with Crippen LogP contribution in [0.4, 0.5) is 0 Å². The molecule has 2 heterocycles. The van der Waals surface area contributed by atoms with E-state index in [1.165, 1.54) is 0 Å². The first-order valence-electron chi connectivity index (χ1n) is 7.07. The molecule has 1 fully saturated rings. The number of hydrogen-bond acceptors (Lipinski definition) is 5. The van der Waals surface area contributed by atoms with Crippen molar-refractivity contribution < 1.29 is 12.9 Å². The van der Waals surface area contributed by atoms with Crippen LogP contribution in [0.2, 0.25) is 0 Å². The summed E-state index contributed by atoms with van der Waals surface area (Å²) in [4.78, 5) is 0. The van der Waals surface area contributed by atoms with Gasteiger partial charge in [0.1, 0.15) is 5.76 Å². The summed E-state index contributed by atoms with van der Waals surface area (Å²) in [6, 6.07) is 0.354. The molecule has 114 valence electrons. The predicted octanol–water partition coefficient (Wildman–Crippen LogP) is 1.20. The van der Waals surface area contributed by atoms with Gasteiger partial charge in [-0.05, 0) is 33.6 Å². The summed E-state index contributed by atoms with van der Waals surface area (Å²) in [5.41, 5.74) is 2.02. The molecule has 0 spiro atoms. The zero-order valence-corrected chi connectivity index (χ0v) is 13.2. The second-order valence-electron chi connectivity index (χ2n) is 5.26. The monoisotopic (exact) mass is 301 g/mol. The number of aryl methyl sites for hydroxylation is 2. The molecule has 1 aromatic rings. The maximum absolute atomic E-state index is 11.8. The van der Waals surface area contributed by atoms with Crippen LogP contribution in [0.15, 0.2) is 4.52 Å². The van der Waals surface area contributed by atoms with Crippen LogP contribution in [0, 0.1) is 13.8 Å². The standard InChI is InChI=1S/C13H23N3O3S/c1-4-20(17,18)16-7-5-12(6-8-16)14-9-13-10(2)15-19-11(13)3/h12,14H,4-9H2,1-3H3. The highest BCUT2D eigenvalue weighted by Gasteiger charge is 2.26. The Morgan fingerprint density at radius 3 is 2.50 bits per heavy atom. The van der Waals surface area contributed by atoms with Gasteiger partial charge in [-0.1, -0.05) is 5.16 Å². The van der Waals surface area contributed by atoms with Crippen molar-refractivity contribution in [1.82, 2.24) is 14.8 Å². The average molecular weight is 301 g/mol. The van der Waals surface area contributed by atoms with Gasteiger partial charge in [0.05, 0.1) is 11.4 Å². The third-order valence-corrected chi connectivity index (χ3v) is 5.84. The van der Waals surface area contributed by atoms with Crippen LogP contribution in [-0.4, -0.2) is 42.8 Å². The third-order valence-electron chi connectivity index (χ3n) is 3.96. The molecule has 7 heteroatoms. The van der Waals surface area contributed by atoms with E-state index in [2.05, 4.69) is 10.5 Å². The molecule has 6 nitrogen and oxygen atoms in total. The molecule has 1 saturated heterocycles. The zero-order chi connectivity index (χ0) is 14.8. The van der Waals surface area contributed by atoms with Crippen molar-refractivity contribution in [2.45, 2.75) is 46.2 Å². The molecule has 1 aromatic heterocycles. The molecule has 20 heavy (non-hydrogen) atoms. The van der Waals surface area contributed by atoms with Crippen LogP contribution in [-0.2, 0) is 16.6 Å². The Morgan fingerprint density at radius 2 is 2.00 bits per heavy atom. The van der Waals surface area contributed by atoms with Crippen LogP contribution in [0.3, 0.4) is 0 Å². The van der Waals surface area contributed by atoms with E-state index in [0.717, 1.165) is 36.4 Å². The number of rotatable bonds is 5. The number of hydrogen-bond donors (Lipinski definition) is 1. The Hall–Kier alpha value is -0.920. The molecule has 1 aliphatic heterocycles. The van der Waals surface area contributed by atoms with Crippen LogP contribution in [0.5, 0.6) is 0 Å². The molecular formula is C13H23N3O3S. The second kappa shape index (κ2) is 6.24. The van der Waals surface area contributed by atoms with Crippen molar-refractivity contribution in [2.24, 2.45) is 0 Å². The maximum atomic E-state index is 11.8. The van der Waals surface area contributed by atoms with E-state index in [9.17, 15) is 8.42 Å². The van der Waals surface area contributed by atoms with Crippen molar-refractivity contribution in [2.75, 3.05) is 18.8 Å². The summed E-state index contributed by atoms with van der Waals surface area (Å²) >= 11 is 0. The fraction of sp³-hybridized carbons (Fsp3) is 0.769. The van der Waals surface area contributed by atoms with Crippen molar-refractivity contribution >= 4 is 10.0 Å². The van der Waals surface area contributed by atoms with Gasteiger partial charge in [-0.15, -0.1) is 0 Å². The van der Waals surface area contributed by atoms with Crippen molar-refractivity contribution in [3.05, 3.63) is 17.0 Å². The molecule has 0 atom stereocenters. The van der Waals surface area contributed by atoms with Crippen molar-refractivity contribution in [3.63, 3.8) is 0 Å². The van der Waals surface area contributed by atoms with Crippen LogP contribution in [0.1, 0.15) is 36.8 Å². The highest BCUT2D eigenvalue weighted by molar-refractivity contribution is 7.89. The molecule has 0 unspecified atom stereocenters. The largest absolute Gasteiger partial charge is 0.361 e. The van der Waals surface area contributed by atoms with E-state index in [4.69, 9.17) is 4.52 Å². The first-order chi connectivity index (χ1) is 9.44. The summed E-state index contributed by atoms with van der Waals surface area (Å²) in [5.74, 6) is 1.03. The molecule has 0 aliphatic carbocycles. The zero-order valence-electron chi connectivity index (χ0n) is 12.3. The van der Waals surface area contributed by atoms with Crippen LogP contribution >= 0.6 is 0 Å². The van der Waals surface area contributed by atoms with E-state index >= 15 is 0 Å². The Bertz CT molecular complexity index is 526. The fourth-order valence-electron chi connectivity index (χ4n) is 2.52. The smallest absolute Gasteiger partial charge is 0.213 e. The molecular weight excluding hydrogens is 278 g/mol. The molecule has 2 rings (SSSR count). The first kappa shape index (κ1) is 15.5. The predicted molar refractivity (Wildman–Crippen MR) is 76.9 cm³/mol. The Kier molecular flexibility index (Phi) is 4.82. The fourth-order valence-corrected chi connectivity index (χ4v) is 3.65. The van der Waals surface area contributed by atoms with Gasteiger partial charge in [0, 0.05) is 31.2 Å². The minimum atomic E-state index is -3.04. The minimum absolute atomic E-state index is 0.185. The number of nitrogens with zero attached hydrogens (tertiary/aromatic N) is 2. The maximum Gasteiger partial charge on any atom is 0.213 e. The van der Waals surface area contributed by atoms with E-state index in [1.54, 1.807) is 11.2 Å². The van der Waals surface area contributed by atoms with Gasteiger partial charge in [0.25, 0.3) is 0 Å². The molecule has 0 saturated carbocycles. The Morgan fingerprint density at radius 1 is 1.35 bits per heavy atom. The number of piperidine rings is 1. The summed E-state index contributed by atoms with van der Waals surface area (Å²) in [6.07, 6.45) is 1.70. The van der Waals surface area contributed by atoms with E-state index < -0.39 is 10.0 Å². The van der Waals surface area contributed by atoms with Gasteiger partial charge in [-0.2, -0.15) is 0 Å². The quantitative estimate of drug-likeness (QED) is 0.884. The third kappa shape index (κ3) is 3.39. The molecule has 1 N–H and O–H groups in total. The second-order valence-corrected chi connectivity index (χ2v) is 7.52.